The summed E-state index contributed by atoms with van der Waals surface area (Å²) in [4.78, 5) is 24.9. The lowest BCUT2D eigenvalue weighted by Gasteiger charge is -2.26. The molecule has 6 heteroatoms. The van der Waals surface area contributed by atoms with Gasteiger partial charge in [-0.2, -0.15) is 0 Å². The lowest BCUT2D eigenvalue weighted by atomic mass is 9.86. The minimum atomic E-state index is -2.03. The fourth-order valence-corrected chi connectivity index (χ4v) is 2.95. The largest absolute Gasteiger partial charge is 0.453 e. The van der Waals surface area contributed by atoms with Crippen LogP contribution in [-0.4, -0.2) is 23.6 Å². The zero-order valence-corrected chi connectivity index (χ0v) is 15.6. The van der Waals surface area contributed by atoms with E-state index in [1.165, 1.54) is 0 Å². The number of ether oxygens (including phenoxy) is 1. The standard InChI is InChI=1S/C22H18ClNO4/c23-18-12-7-13-19(14-18)24-20(25)15-28-21(26)22(27,16-8-3-1-4-9-16)17-10-5-2-6-11-17/h1-14,27H,15H2,(H,24,25). The fourth-order valence-electron chi connectivity index (χ4n) is 2.76. The Balaban J connectivity index is 1.76. The van der Waals surface area contributed by atoms with Gasteiger partial charge >= 0.3 is 5.97 Å². The van der Waals surface area contributed by atoms with Crippen LogP contribution in [0.4, 0.5) is 5.69 Å². The summed E-state index contributed by atoms with van der Waals surface area (Å²) in [6, 6.07) is 23.5. The molecule has 0 unspecified atom stereocenters. The molecule has 2 N–H and O–H groups in total. The van der Waals surface area contributed by atoms with Crippen molar-refractivity contribution in [2.75, 3.05) is 11.9 Å². The highest BCUT2D eigenvalue weighted by atomic mass is 35.5. The van der Waals surface area contributed by atoms with Crippen molar-refractivity contribution in [1.29, 1.82) is 0 Å². The van der Waals surface area contributed by atoms with Gasteiger partial charge in [0.25, 0.3) is 5.91 Å². The molecule has 0 spiro atoms. The van der Waals surface area contributed by atoms with Gasteiger partial charge in [0.15, 0.2) is 6.61 Å². The maximum Gasteiger partial charge on any atom is 0.348 e. The summed E-state index contributed by atoms with van der Waals surface area (Å²) in [7, 11) is 0. The van der Waals surface area contributed by atoms with E-state index in [-0.39, 0.29) is 0 Å². The van der Waals surface area contributed by atoms with Crippen LogP contribution in [0.3, 0.4) is 0 Å². The number of aliphatic hydroxyl groups is 1. The topological polar surface area (TPSA) is 75.6 Å². The number of nitrogens with one attached hydrogen (secondary N) is 1. The summed E-state index contributed by atoms with van der Waals surface area (Å²) in [6.07, 6.45) is 0. The maximum absolute atomic E-state index is 12.8. The molecule has 3 aromatic carbocycles. The van der Waals surface area contributed by atoms with Gasteiger partial charge in [-0.05, 0) is 29.3 Å². The second kappa shape index (κ2) is 8.69. The zero-order valence-electron chi connectivity index (χ0n) is 14.8. The highest BCUT2D eigenvalue weighted by Crippen LogP contribution is 2.31. The molecular weight excluding hydrogens is 378 g/mol. The number of amides is 1. The Bertz CT molecular complexity index is 921. The predicted octanol–water partition coefficient (Wildman–Crippen LogP) is 3.76. The van der Waals surface area contributed by atoms with Crippen LogP contribution in [0.5, 0.6) is 0 Å². The number of hydrogen-bond donors (Lipinski definition) is 2. The Morgan fingerprint density at radius 2 is 1.46 bits per heavy atom. The summed E-state index contributed by atoms with van der Waals surface area (Å²) in [5.74, 6) is -1.48. The summed E-state index contributed by atoms with van der Waals surface area (Å²) in [6.45, 7) is -0.548. The highest BCUT2D eigenvalue weighted by molar-refractivity contribution is 6.30. The third kappa shape index (κ3) is 4.39. The van der Waals surface area contributed by atoms with E-state index in [9.17, 15) is 14.7 Å². The number of benzene rings is 3. The van der Waals surface area contributed by atoms with Crippen molar-refractivity contribution in [3.63, 3.8) is 0 Å². The molecule has 5 nitrogen and oxygen atoms in total. The quantitative estimate of drug-likeness (QED) is 0.623. The first-order valence-electron chi connectivity index (χ1n) is 8.56. The van der Waals surface area contributed by atoms with Gasteiger partial charge in [0, 0.05) is 10.7 Å². The van der Waals surface area contributed by atoms with Crippen LogP contribution in [0.1, 0.15) is 11.1 Å². The van der Waals surface area contributed by atoms with Crippen molar-refractivity contribution >= 4 is 29.2 Å². The molecule has 28 heavy (non-hydrogen) atoms. The molecule has 0 atom stereocenters. The predicted molar refractivity (Wildman–Crippen MR) is 107 cm³/mol. The number of carbonyl (C=O) groups is 2. The molecule has 0 saturated carbocycles. The van der Waals surface area contributed by atoms with Gasteiger partial charge in [0.1, 0.15) is 0 Å². The van der Waals surface area contributed by atoms with E-state index >= 15 is 0 Å². The molecule has 1 amide bonds. The molecule has 0 bridgehead atoms. The number of esters is 1. The van der Waals surface area contributed by atoms with E-state index in [0.717, 1.165) is 0 Å². The maximum atomic E-state index is 12.8. The van der Waals surface area contributed by atoms with E-state index in [0.29, 0.717) is 21.8 Å². The van der Waals surface area contributed by atoms with Crippen LogP contribution in [0.15, 0.2) is 84.9 Å². The second-order valence-electron chi connectivity index (χ2n) is 6.08. The Labute approximate surface area is 167 Å². The number of halogens is 1. The van der Waals surface area contributed by atoms with Crippen molar-refractivity contribution in [1.82, 2.24) is 0 Å². The van der Waals surface area contributed by atoms with Crippen molar-refractivity contribution in [2.45, 2.75) is 5.60 Å². The first kappa shape index (κ1) is 19.6. The smallest absolute Gasteiger partial charge is 0.348 e. The minimum Gasteiger partial charge on any atom is -0.453 e. The van der Waals surface area contributed by atoms with Crippen molar-refractivity contribution in [3.05, 3.63) is 101 Å². The number of carbonyl (C=O) groups excluding carboxylic acids is 2. The molecule has 0 aliphatic carbocycles. The second-order valence-corrected chi connectivity index (χ2v) is 6.51. The lowest BCUT2D eigenvalue weighted by molar-refractivity contribution is -0.163. The van der Waals surface area contributed by atoms with E-state index in [2.05, 4.69) is 5.32 Å². The van der Waals surface area contributed by atoms with Crippen LogP contribution < -0.4 is 5.32 Å². The number of anilines is 1. The average molecular weight is 396 g/mol. The Morgan fingerprint density at radius 3 is 2.00 bits per heavy atom. The Morgan fingerprint density at radius 1 is 0.893 bits per heavy atom. The zero-order chi connectivity index (χ0) is 20.0. The van der Waals surface area contributed by atoms with E-state index in [4.69, 9.17) is 16.3 Å². The van der Waals surface area contributed by atoms with Crippen LogP contribution >= 0.6 is 11.6 Å². The van der Waals surface area contributed by atoms with Crippen molar-refractivity contribution in [3.8, 4) is 0 Å². The van der Waals surface area contributed by atoms with Gasteiger partial charge in [0.05, 0.1) is 0 Å². The summed E-state index contributed by atoms with van der Waals surface area (Å²) >= 11 is 5.88. The first-order valence-corrected chi connectivity index (χ1v) is 8.94. The molecule has 0 aliphatic heterocycles. The third-order valence-electron chi connectivity index (χ3n) is 4.12. The normalized spacial score (nSPS) is 10.9. The molecule has 0 fully saturated rings. The lowest BCUT2D eigenvalue weighted by Crippen LogP contribution is -2.39. The minimum absolute atomic E-state index is 0.349. The fraction of sp³-hybridized carbons (Fsp3) is 0.0909. The monoisotopic (exact) mass is 395 g/mol. The molecular formula is C22H18ClNO4. The molecule has 3 rings (SSSR count). The summed E-state index contributed by atoms with van der Waals surface area (Å²) in [5, 5.41) is 14.3. The van der Waals surface area contributed by atoms with Gasteiger partial charge in [0.2, 0.25) is 5.60 Å². The van der Waals surface area contributed by atoms with E-state index in [1.807, 2.05) is 0 Å². The van der Waals surface area contributed by atoms with Gasteiger partial charge in [-0.25, -0.2) is 4.79 Å². The van der Waals surface area contributed by atoms with Crippen molar-refractivity contribution < 1.29 is 19.4 Å². The molecule has 0 aromatic heterocycles. The molecule has 3 aromatic rings. The van der Waals surface area contributed by atoms with Crippen LogP contribution in [-0.2, 0) is 19.9 Å². The molecule has 0 radical (unpaired) electrons. The first-order chi connectivity index (χ1) is 13.5. The number of rotatable bonds is 6. The number of hydrogen-bond acceptors (Lipinski definition) is 4. The molecule has 0 saturated heterocycles. The third-order valence-corrected chi connectivity index (χ3v) is 4.36. The molecule has 0 aliphatic rings. The van der Waals surface area contributed by atoms with Gasteiger partial charge in [-0.15, -0.1) is 0 Å². The molecule has 142 valence electrons. The Kier molecular flexibility index (Phi) is 6.09. The SMILES string of the molecule is O=C(COC(=O)C(O)(c1ccccc1)c1ccccc1)Nc1cccc(Cl)c1. The molecule has 0 heterocycles. The Hall–Kier alpha value is -3.15. The summed E-state index contributed by atoms with van der Waals surface area (Å²) in [5.41, 5.74) is -0.850. The van der Waals surface area contributed by atoms with Gasteiger partial charge < -0.3 is 15.2 Å². The van der Waals surface area contributed by atoms with Crippen LogP contribution in [0.25, 0.3) is 0 Å². The summed E-state index contributed by atoms with van der Waals surface area (Å²) < 4.78 is 5.15. The van der Waals surface area contributed by atoms with Gasteiger partial charge in [-0.3, -0.25) is 4.79 Å². The highest BCUT2D eigenvalue weighted by Gasteiger charge is 2.41. The van der Waals surface area contributed by atoms with Crippen LogP contribution in [0, 0.1) is 0 Å². The average Bonchev–Trinajstić information content (AvgIpc) is 2.72. The van der Waals surface area contributed by atoms with Crippen LogP contribution in [0.2, 0.25) is 5.02 Å². The van der Waals surface area contributed by atoms with E-state index < -0.39 is 24.1 Å². The van der Waals surface area contributed by atoms with Crippen molar-refractivity contribution in [2.24, 2.45) is 0 Å². The van der Waals surface area contributed by atoms with Gasteiger partial charge in [-0.1, -0.05) is 78.3 Å². The van der Waals surface area contributed by atoms with E-state index in [1.54, 1.807) is 84.9 Å².